The Morgan fingerprint density at radius 3 is 2.53 bits per heavy atom. The third-order valence-corrected chi connectivity index (χ3v) is 3.39. The van der Waals surface area contributed by atoms with Crippen LogP contribution in [0.2, 0.25) is 0 Å². The summed E-state index contributed by atoms with van der Waals surface area (Å²) in [6, 6.07) is 3.39. The maximum absolute atomic E-state index is 9.88. The van der Waals surface area contributed by atoms with Crippen molar-refractivity contribution in [2.75, 3.05) is 0 Å². The zero-order valence-corrected chi connectivity index (χ0v) is 11.6. The maximum Gasteiger partial charge on any atom is 0.135 e. The molecule has 0 amide bonds. The summed E-state index contributed by atoms with van der Waals surface area (Å²) in [6.45, 7) is 5.73. The van der Waals surface area contributed by atoms with Crippen LogP contribution in [0.4, 0.5) is 0 Å². The van der Waals surface area contributed by atoms with Crippen LogP contribution in [-0.2, 0) is 0 Å². The number of nitrogens with two attached hydrogens (primary N) is 1. The molecule has 0 unspecified atom stereocenters. The molecule has 4 heteroatoms. The van der Waals surface area contributed by atoms with Gasteiger partial charge in [0, 0.05) is 16.1 Å². The fraction of sp³-hybridized carbons (Fsp3) is 0.273. The summed E-state index contributed by atoms with van der Waals surface area (Å²) >= 11 is 6.65. The molecular weight excluding hydrogens is 322 g/mol. The predicted molar refractivity (Wildman–Crippen MR) is 69.9 cm³/mol. The van der Waals surface area contributed by atoms with Gasteiger partial charge in [-0.1, -0.05) is 21.5 Å². The normalized spacial score (nSPS) is 12.5. The molecule has 82 valence electrons. The zero-order valence-electron chi connectivity index (χ0n) is 8.43. The Labute approximate surface area is 106 Å². The van der Waals surface area contributed by atoms with Gasteiger partial charge in [-0.05, 0) is 41.4 Å². The lowest BCUT2D eigenvalue weighted by molar-refractivity contribution is 0.457. The summed E-state index contributed by atoms with van der Waals surface area (Å²) in [5.41, 5.74) is 7.70. The van der Waals surface area contributed by atoms with Crippen molar-refractivity contribution < 1.29 is 5.11 Å². The standard InChI is InChI=1S/C11H13Br2NO/c1-6(2)5-9(14)10-7(12)3-4-8(13)11(10)15/h3-4,9,15H,1,5,14H2,2H3/t9-/m1/s1. The number of phenolic OH excluding ortho intramolecular Hbond substituents is 1. The lowest BCUT2D eigenvalue weighted by Gasteiger charge is -2.16. The second-order valence-electron chi connectivity index (χ2n) is 3.56. The third-order valence-electron chi connectivity index (χ3n) is 2.05. The SMILES string of the molecule is C=C(C)C[C@@H](N)c1c(Br)ccc(Br)c1O. The number of benzene rings is 1. The highest BCUT2D eigenvalue weighted by molar-refractivity contribution is 9.11. The van der Waals surface area contributed by atoms with Gasteiger partial charge in [-0.15, -0.1) is 6.58 Å². The van der Waals surface area contributed by atoms with E-state index < -0.39 is 0 Å². The van der Waals surface area contributed by atoms with Crippen LogP contribution >= 0.6 is 31.9 Å². The number of hydrogen-bond donors (Lipinski definition) is 2. The molecule has 0 bridgehead atoms. The molecule has 0 aliphatic heterocycles. The lowest BCUT2D eigenvalue weighted by Crippen LogP contribution is -2.11. The Morgan fingerprint density at radius 1 is 1.47 bits per heavy atom. The summed E-state index contributed by atoms with van der Waals surface area (Å²) in [5.74, 6) is 0.193. The van der Waals surface area contributed by atoms with E-state index in [-0.39, 0.29) is 11.8 Å². The summed E-state index contributed by atoms with van der Waals surface area (Å²) in [4.78, 5) is 0. The van der Waals surface area contributed by atoms with Crippen LogP contribution in [-0.4, -0.2) is 5.11 Å². The fourth-order valence-corrected chi connectivity index (χ4v) is 2.35. The number of phenols is 1. The van der Waals surface area contributed by atoms with E-state index in [1.54, 1.807) is 6.07 Å². The molecule has 0 saturated carbocycles. The van der Waals surface area contributed by atoms with Gasteiger partial charge < -0.3 is 10.8 Å². The highest BCUT2D eigenvalue weighted by atomic mass is 79.9. The molecule has 1 aromatic rings. The van der Waals surface area contributed by atoms with Gasteiger partial charge in [0.05, 0.1) is 4.47 Å². The van der Waals surface area contributed by atoms with Crippen molar-refractivity contribution in [3.63, 3.8) is 0 Å². The monoisotopic (exact) mass is 333 g/mol. The minimum atomic E-state index is -0.241. The maximum atomic E-state index is 9.88. The predicted octanol–water partition coefficient (Wildman–Crippen LogP) is 3.88. The van der Waals surface area contributed by atoms with Crippen LogP contribution in [0.25, 0.3) is 0 Å². The van der Waals surface area contributed by atoms with Crippen molar-refractivity contribution in [1.82, 2.24) is 0 Å². The van der Waals surface area contributed by atoms with Gasteiger partial charge in [0.15, 0.2) is 0 Å². The van der Waals surface area contributed by atoms with Crippen LogP contribution in [0.5, 0.6) is 5.75 Å². The van der Waals surface area contributed by atoms with Crippen molar-refractivity contribution in [1.29, 1.82) is 0 Å². The number of rotatable bonds is 3. The van der Waals surface area contributed by atoms with E-state index in [1.165, 1.54) is 0 Å². The summed E-state index contributed by atoms with van der Waals surface area (Å²) in [7, 11) is 0. The molecule has 1 aromatic carbocycles. The second-order valence-corrected chi connectivity index (χ2v) is 5.27. The van der Waals surface area contributed by atoms with E-state index in [4.69, 9.17) is 5.73 Å². The van der Waals surface area contributed by atoms with Crippen LogP contribution in [0.15, 0.2) is 33.2 Å². The Morgan fingerprint density at radius 2 is 2.00 bits per heavy atom. The third kappa shape index (κ3) is 3.06. The van der Waals surface area contributed by atoms with Crippen molar-refractivity contribution in [2.45, 2.75) is 19.4 Å². The van der Waals surface area contributed by atoms with Crippen molar-refractivity contribution >= 4 is 31.9 Å². The molecule has 15 heavy (non-hydrogen) atoms. The number of hydrogen-bond acceptors (Lipinski definition) is 2. The molecule has 0 spiro atoms. The smallest absolute Gasteiger partial charge is 0.135 e. The average Bonchev–Trinajstić information content (AvgIpc) is 2.11. The molecule has 0 aliphatic carbocycles. The first-order valence-electron chi connectivity index (χ1n) is 4.50. The van der Waals surface area contributed by atoms with Gasteiger partial charge in [0.25, 0.3) is 0 Å². The molecule has 0 radical (unpaired) electrons. The van der Waals surface area contributed by atoms with Crippen LogP contribution in [0, 0.1) is 0 Å². The van der Waals surface area contributed by atoms with Gasteiger partial charge in [-0.25, -0.2) is 0 Å². The Bertz CT molecular complexity index is 390. The molecular formula is C11H13Br2NO. The average molecular weight is 335 g/mol. The van der Waals surface area contributed by atoms with Gasteiger partial charge in [-0.2, -0.15) is 0 Å². The number of halogens is 2. The molecule has 0 fully saturated rings. The van der Waals surface area contributed by atoms with Gasteiger partial charge >= 0.3 is 0 Å². The van der Waals surface area contributed by atoms with Crippen LogP contribution in [0.3, 0.4) is 0 Å². The molecule has 3 N–H and O–H groups in total. The lowest BCUT2D eigenvalue weighted by atomic mass is 10.0. The van der Waals surface area contributed by atoms with E-state index in [2.05, 4.69) is 38.4 Å². The highest BCUT2D eigenvalue weighted by Gasteiger charge is 2.16. The highest BCUT2D eigenvalue weighted by Crippen LogP contribution is 2.38. The quantitative estimate of drug-likeness (QED) is 0.824. The molecule has 2 nitrogen and oxygen atoms in total. The van der Waals surface area contributed by atoms with Gasteiger partial charge in [0.2, 0.25) is 0 Å². The van der Waals surface area contributed by atoms with Crippen LogP contribution in [0.1, 0.15) is 24.9 Å². The van der Waals surface area contributed by atoms with Crippen molar-refractivity contribution in [3.05, 3.63) is 38.8 Å². The first kappa shape index (κ1) is 12.7. The molecule has 1 rings (SSSR count). The zero-order chi connectivity index (χ0) is 11.6. The molecule has 1 atom stereocenters. The van der Waals surface area contributed by atoms with E-state index in [0.29, 0.717) is 16.5 Å². The van der Waals surface area contributed by atoms with E-state index in [0.717, 1.165) is 10.0 Å². The van der Waals surface area contributed by atoms with Crippen molar-refractivity contribution in [3.8, 4) is 5.75 Å². The molecule has 0 saturated heterocycles. The first-order chi connectivity index (χ1) is 6.93. The van der Waals surface area contributed by atoms with Gasteiger partial charge in [-0.3, -0.25) is 0 Å². The molecule has 0 heterocycles. The minimum absolute atomic E-state index is 0.193. The number of aromatic hydroxyl groups is 1. The topological polar surface area (TPSA) is 46.2 Å². The van der Waals surface area contributed by atoms with Gasteiger partial charge in [0.1, 0.15) is 5.75 Å². The van der Waals surface area contributed by atoms with E-state index in [9.17, 15) is 5.11 Å². The summed E-state index contributed by atoms with van der Waals surface area (Å²) in [5, 5.41) is 9.88. The van der Waals surface area contributed by atoms with Crippen LogP contribution < -0.4 is 5.73 Å². The minimum Gasteiger partial charge on any atom is -0.506 e. The molecule has 0 aromatic heterocycles. The Hall–Kier alpha value is -0.320. The largest absolute Gasteiger partial charge is 0.506 e. The summed E-state index contributed by atoms with van der Waals surface area (Å²) in [6.07, 6.45) is 0.655. The fourth-order valence-electron chi connectivity index (χ4n) is 1.39. The Kier molecular flexibility index (Phi) is 4.37. The molecule has 0 aliphatic rings. The Balaban J connectivity index is 3.12. The van der Waals surface area contributed by atoms with Crippen molar-refractivity contribution in [2.24, 2.45) is 5.73 Å². The second kappa shape index (κ2) is 5.14. The van der Waals surface area contributed by atoms with E-state index >= 15 is 0 Å². The summed E-state index contributed by atoms with van der Waals surface area (Å²) < 4.78 is 1.47. The van der Waals surface area contributed by atoms with E-state index in [1.807, 2.05) is 13.0 Å². The first-order valence-corrected chi connectivity index (χ1v) is 6.09.